The molecule has 1 aromatic rings. The fourth-order valence-electron chi connectivity index (χ4n) is 1.36. The minimum atomic E-state index is -0.0694. The van der Waals surface area contributed by atoms with Gasteiger partial charge in [-0.1, -0.05) is 11.6 Å². The Morgan fingerprint density at radius 2 is 2.00 bits per heavy atom. The monoisotopic (exact) mass is 284 g/mol. The Labute approximate surface area is 117 Å². The molecule has 1 aromatic carbocycles. The van der Waals surface area contributed by atoms with Gasteiger partial charge in [0.1, 0.15) is 5.75 Å². The first kappa shape index (κ1) is 15.3. The smallest absolute Gasteiger partial charge is 0.223 e. The molecule has 104 valence electrons. The number of ether oxygens (including phenoxy) is 1. The number of hydrogen-bond donors (Lipinski definition) is 2. The van der Waals surface area contributed by atoms with Gasteiger partial charge >= 0.3 is 0 Å². The van der Waals surface area contributed by atoms with E-state index in [1.54, 1.807) is 24.3 Å². The van der Waals surface area contributed by atoms with E-state index in [1.165, 1.54) is 0 Å². The third-order valence-electron chi connectivity index (χ3n) is 2.31. The van der Waals surface area contributed by atoms with E-state index in [-0.39, 0.29) is 5.91 Å². The molecule has 5 nitrogen and oxygen atoms in total. The molecule has 0 aliphatic carbocycles. The van der Waals surface area contributed by atoms with Crippen molar-refractivity contribution in [2.45, 2.75) is 12.8 Å². The van der Waals surface area contributed by atoms with Crippen molar-refractivity contribution in [1.82, 2.24) is 10.6 Å². The molecule has 0 aliphatic heterocycles. The van der Waals surface area contributed by atoms with Gasteiger partial charge < -0.3 is 15.4 Å². The number of hydrogen-bond acceptors (Lipinski definition) is 3. The van der Waals surface area contributed by atoms with E-state index < -0.39 is 0 Å². The van der Waals surface area contributed by atoms with Gasteiger partial charge in [0.05, 0.1) is 13.0 Å². The van der Waals surface area contributed by atoms with Crippen LogP contribution in [0.3, 0.4) is 0 Å². The molecule has 19 heavy (non-hydrogen) atoms. The highest BCUT2D eigenvalue weighted by Gasteiger charge is 2.01. The maximum atomic E-state index is 11.4. The molecule has 0 unspecified atom stereocenters. The zero-order chi connectivity index (χ0) is 13.9. The first-order chi connectivity index (χ1) is 9.22. The van der Waals surface area contributed by atoms with Crippen molar-refractivity contribution >= 4 is 23.9 Å². The van der Waals surface area contributed by atoms with Crippen LogP contribution >= 0.6 is 11.6 Å². The molecule has 0 radical (unpaired) electrons. The standard InChI is InChI=1S/C13H17ClN2O3/c14-11-2-4-12(5-3-11)19-9-6-13(18)16-8-1-7-15-10-17/h2-5,10H,1,6-9H2,(H,15,17)(H,16,18). The van der Waals surface area contributed by atoms with Gasteiger partial charge in [-0.15, -0.1) is 0 Å². The Hall–Kier alpha value is -1.75. The largest absolute Gasteiger partial charge is 0.493 e. The molecule has 6 heteroatoms. The zero-order valence-corrected chi connectivity index (χ0v) is 11.3. The van der Waals surface area contributed by atoms with E-state index >= 15 is 0 Å². The van der Waals surface area contributed by atoms with Crippen LogP contribution in [-0.2, 0) is 9.59 Å². The lowest BCUT2D eigenvalue weighted by molar-refractivity contribution is -0.121. The lowest BCUT2D eigenvalue weighted by atomic mass is 10.3. The molecule has 0 aliphatic rings. The molecule has 0 saturated heterocycles. The second kappa shape index (κ2) is 9.22. The van der Waals surface area contributed by atoms with Crippen LogP contribution < -0.4 is 15.4 Å². The summed E-state index contributed by atoms with van der Waals surface area (Å²) >= 11 is 5.74. The second-order valence-electron chi connectivity index (χ2n) is 3.83. The Morgan fingerprint density at radius 3 is 2.68 bits per heavy atom. The summed E-state index contributed by atoms with van der Waals surface area (Å²) in [5.41, 5.74) is 0. The molecule has 2 amide bonds. The van der Waals surface area contributed by atoms with Gasteiger partial charge in [-0.05, 0) is 30.7 Å². The quantitative estimate of drug-likeness (QED) is 0.531. The van der Waals surface area contributed by atoms with E-state index in [0.717, 1.165) is 0 Å². The highest BCUT2D eigenvalue weighted by Crippen LogP contribution is 2.15. The minimum absolute atomic E-state index is 0.0694. The van der Waals surface area contributed by atoms with Crippen molar-refractivity contribution < 1.29 is 14.3 Å². The lowest BCUT2D eigenvalue weighted by Gasteiger charge is -2.07. The topological polar surface area (TPSA) is 67.4 Å². The third kappa shape index (κ3) is 7.31. The van der Waals surface area contributed by atoms with E-state index in [9.17, 15) is 9.59 Å². The summed E-state index contributed by atoms with van der Waals surface area (Å²) < 4.78 is 5.40. The highest BCUT2D eigenvalue weighted by molar-refractivity contribution is 6.30. The summed E-state index contributed by atoms with van der Waals surface area (Å²) in [6.07, 6.45) is 1.65. The first-order valence-corrected chi connectivity index (χ1v) is 6.42. The molecular weight excluding hydrogens is 268 g/mol. The van der Waals surface area contributed by atoms with Gasteiger partial charge in [-0.2, -0.15) is 0 Å². The average molecular weight is 285 g/mol. The summed E-state index contributed by atoms with van der Waals surface area (Å²) in [5, 5.41) is 5.91. The number of rotatable bonds is 9. The van der Waals surface area contributed by atoms with Crippen molar-refractivity contribution in [3.63, 3.8) is 0 Å². The Kier molecular flexibility index (Phi) is 7.43. The maximum absolute atomic E-state index is 11.4. The van der Waals surface area contributed by atoms with Crippen LogP contribution in [0.5, 0.6) is 5.75 Å². The van der Waals surface area contributed by atoms with Crippen LogP contribution in [0.4, 0.5) is 0 Å². The van der Waals surface area contributed by atoms with Gasteiger partial charge in [0.25, 0.3) is 0 Å². The van der Waals surface area contributed by atoms with E-state index in [1.807, 2.05) is 0 Å². The molecule has 0 atom stereocenters. The normalized spacial score (nSPS) is 9.74. The van der Waals surface area contributed by atoms with Gasteiger partial charge in [0.15, 0.2) is 0 Å². The van der Waals surface area contributed by atoms with E-state index in [0.29, 0.717) is 49.7 Å². The Morgan fingerprint density at radius 1 is 1.26 bits per heavy atom. The van der Waals surface area contributed by atoms with Gasteiger partial charge in [0, 0.05) is 18.1 Å². The SMILES string of the molecule is O=CNCCCNC(=O)CCOc1ccc(Cl)cc1. The number of amides is 2. The van der Waals surface area contributed by atoms with Crippen molar-refractivity contribution in [1.29, 1.82) is 0 Å². The van der Waals surface area contributed by atoms with Crippen LogP contribution in [0.25, 0.3) is 0 Å². The Bertz CT molecular complexity index is 395. The number of carbonyl (C=O) groups excluding carboxylic acids is 2. The highest BCUT2D eigenvalue weighted by atomic mass is 35.5. The fourth-order valence-corrected chi connectivity index (χ4v) is 1.48. The van der Waals surface area contributed by atoms with Crippen molar-refractivity contribution in [3.8, 4) is 5.75 Å². The molecule has 1 rings (SSSR count). The zero-order valence-electron chi connectivity index (χ0n) is 10.5. The molecule has 0 heterocycles. The third-order valence-corrected chi connectivity index (χ3v) is 2.57. The molecule has 0 bridgehead atoms. The number of benzene rings is 1. The number of carbonyl (C=O) groups is 2. The molecule has 0 saturated carbocycles. The van der Waals surface area contributed by atoms with E-state index in [4.69, 9.17) is 16.3 Å². The molecule has 2 N–H and O–H groups in total. The lowest BCUT2D eigenvalue weighted by Crippen LogP contribution is -2.28. The van der Waals surface area contributed by atoms with Crippen LogP contribution in [0.1, 0.15) is 12.8 Å². The van der Waals surface area contributed by atoms with Crippen molar-refractivity contribution in [3.05, 3.63) is 29.3 Å². The summed E-state index contributed by atoms with van der Waals surface area (Å²) in [6, 6.07) is 6.98. The minimum Gasteiger partial charge on any atom is -0.493 e. The van der Waals surface area contributed by atoms with Crippen molar-refractivity contribution in [2.24, 2.45) is 0 Å². The van der Waals surface area contributed by atoms with Crippen molar-refractivity contribution in [2.75, 3.05) is 19.7 Å². The molecular formula is C13H17ClN2O3. The van der Waals surface area contributed by atoms with Gasteiger partial charge in [0.2, 0.25) is 12.3 Å². The maximum Gasteiger partial charge on any atom is 0.223 e. The number of nitrogens with one attached hydrogen (secondary N) is 2. The summed E-state index contributed by atoms with van der Waals surface area (Å²) in [5.74, 6) is 0.618. The van der Waals surface area contributed by atoms with E-state index in [2.05, 4.69) is 10.6 Å². The summed E-state index contributed by atoms with van der Waals surface area (Å²) in [4.78, 5) is 21.4. The van der Waals surface area contributed by atoms with Gasteiger partial charge in [-0.25, -0.2) is 0 Å². The summed E-state index contributed by atoms with van der Waals surface area (Å²) in [6.45, 7) is 1.42. The number of halogens is 1. The van der Waals surface area contributed by atoms with Crippen LogP contribution in [0, 0.1) is 0 Å². The predicted molar refractivity (Wildman–Crippen MR) is 73.3 cm³/mol. The fraction of sp³-hybridized carbons (Fsp3) is 0.385. The second-order valence-corrected chi connectivity index (χ2v) is 4.26. The molecule has 0 aromatic heterocycles. The molecule has 0 fully saturated rings. The first-order valence-electron chi connectivity index (χ1n) is 6.04. The van der Waals surface area contributed by atoms with Crippen LogP contribution in [-0.4, -0.2) is 32.0 Å². The van der Waals surface area contributed by atoms with Crippen LogP contribution in [0.2, 0.25) is 5.02 Å². The van der Waals surface area contributed by atoms with Crippen LogP contribution in [0.15, 0.2) is 24.3 Å². The molecule has 0 spiro atoms. The Balaban J connectivity index is 2.06. The van der Waals surface area contributed by atoms with Gasteiger partial charge in [-0.3, -0.25) is 9.59 Å². The average Bonchev–Trinajstić information content (AvgIpc) is 2.41. The summed E-state index contributed by atoms with van der Waals surface area (Å²) in [7, 11) is 0. The predicted octanol–water partition coefficient (Wildman–Crippen LogP) is 1.36.